The Balaban J connectivity index is 1.73. The van der Waals surface area contributed by atoms with Gasteiger partial charge in [0.25, 0.3) is 5.91 Å². The number of carbonyl (C=O) groups is 2. The summed E-state index contributed by atoms with van der Waals surface area (Å²) in [7, 11) is -3.61. The van der Waals surface area contributed by atoms with Gasteiger partial charge in [0.2, 0.25) is 15.9 Å². The smallest absolute Gasteiger partial charge is 0.255 e. The van der Waals surface area contributed by atoms with Crippen LogP contribution in [0.3, 0.4) is 0 Å². The maximum Gasteiger partial charge on any atom is 0.255 e. The molecule has 0 spiro atoms. The van der Waals surface area contributed by atoms with E-state index in [1.54, 1.807) is 26.0 Å². The van der Waals surface area contributed by atoms with E-state index in [9.17, 15) is 18.0 Å². The highest BCUT2D eigenvalue weighted by Gasteiger charge is 2.26. The first kappa shape index (κ1) is 22.9. The molecule has 0 bridgehead atoms. The van der Waals surface area contributed by atoms with Crippen LogP contribution in [0.2, 0.25) is 0 Å². The van der Waals surface area contributed by atoms with Gasteiger partial charge in [0, 0.05) is 35.9 Å². The van der Waals surface area contributed by atoms with Crippen LogP contribution >= 0.6 is 0 Å². The van der Waals surface area contributed by atoms with Crippen molar-refractivity contribution in [1.82, 2.24) is 4.31 Å². The topological polar surface area (TPSA) is 105 Å². The van der Waals surface area contributed by atoms with Crippen LogP contribution in [0.25, 0.3) is 0 Å². The summed E-state index contributed by atoms with van der Waals surface area (Å²) in [6, 6.07) is 11.1. The molecule has 1 saturated heterocycles. The Bertz CT molecular complexity index is 1060. The minimum Gasteiger partial charge on any atom is -0.379 e. The van der Waals surface area contributed by atoms with E-state index in [0.29, 0.717) is 43.2 Å². The quantitative estimate of drug-likeness (QED) is 0.711. The summed E-state index contributed by atoms with van der Waals surface area (Å²) in [5.74, 6) is -0.643. The zero-order valence-electron chi connectivity index (χ0n) is 17.8. The van der Waals surface area contributed by atoms with Gasteiger partial charge in [-0.3, -0.25) is 9.59 Å². The molecule has 2 N–H and O–H groups in total. The molecule has 166 valence electrons. The molecule has 2 aromatic carbocycles. The SMILES string of the molecule is Cc1ccc(NC(=O)C(C)C)cc1NC(=O)c1ccc(S(=O)(=O)N2CCOCC2)cc1. The Kier molecular flexibility index (Phi) is 7.09. The van der Waals surface area contributed by atoms with Crippen LogP contribution in [0.15, 0.2) is 47.4 Å². The second-order valence-electron chi connectivity index (χ2n) is 7.67. The second kappa shape index (κ2) is 9.59. The molecule has 0 unspecified atom stereocenters. The third-order valence-corrected chi connectivity index (χ3v) is 6.91. The molecule has 9 heteroatoms. The number of hydrogen-bond donors (Lipinski definition) is 2. The molecule has 0 aliphatic carbocycles. The van der Waals surface area contributed by atoms with E-state index in [2.05, 4.69) is 10.6 Å². The Morgan fingerprint density at radius 2 is 1.65 bits per heavy atom. The highest BCUT2D eigenvalue weighted by Crippen LogP contribution is 2.23. The average Bonchev–Trinajstić information content (AvgIpc) is 2.76. The van der Waals surface area contributed by atoms with Crippen molar-refractivity contribution in [3.63, 3.8) is 0 Å². The number of aryl methyl sites for hydroxylation is 1. The lowest BCUT2D eigenvalue weighted by atomic mass is 10.1. The molecule has 1 fully saturated rings. The molecule has 0 aromatic heterocycles. The average molecular weight is 446 g/mol. The number of nitrogens with one attached hydrogen (secondary N) is 2. The third-order valence-electron chi connectivity index (χ3n) is 5.00. The van der Waals surface area contributed by atoms with Crippen molar-refractivity contribution in [2.24, 2.45) is 5.92 Å². The summed E-state index contributed by atoms with van der Waals surface area (Å²) >= 11 is 0. The fourth-order valence-corrected chi connectivity index (χ4v) is 4.44. The number of sulfonamides is 1. The van der Waals surface area contributed by atoms with E-state index in [1.165, 1.54) is 28.6 Å². The Labute approximate surface area is 182 Å². The van der Waals surface area contributed by atoms with Crippen molar-refractivity contribution < 1.29 is 22.7 Å². The highest BCUT2D eigenvalue weighted by molar-refractivity contribution is 7.89. The van der Waals surface area contributed by atoms with Gasteiger partial charge in [-0.25, -0.2) is 8.42 Å². The normalized spacial score (nSPS) is 15.0. The minimum absolute atomic E-state index is 0.113. The number of hydrogen-bond acceptors (Lipinski definition) is 5. The van der Waals surface area contributed by atoms with Crippen LogP contribution in [-0.2, 0) is 19.6 Å². The molecule has 3 rings (SSSR count). The summed E-state index contributed by atoms with van der Waals surface area (Å²) in [5, 5.41) is 5.63. The number of anilines is 2. The van der Waals surface area contributed by atoms with Crippen LogP contribution in [0.5, 0.6) is 0 Å². The van der Waals surface area contributed by atoms with Crippen LogP contribution in [0, 0.1) is 12.8 Å². The molecule has 1 aliphatic heterocycles. The molecular formula is C22H27N3O5S. The van der Waals surface area contributed by atoms with E-state index >= 15 is 0 Å². The minimum atomic E-state index is -3.61. The Morgan fingerprint density at radius 1 is 1.00 bits per heavy atom. The lowest BCUT2D eigenvalue weighted by Gasteiger charge is -2.26. The first-order chi connectivity index (χ1) is 14.7. The molecule has 0 saturated carbocycles. The summed E-state index contributed by atoms with van der Waals surface area (Å²) in [4.78, 5) is 24.8. The molecule has 0 radical (unpaired) electrons. The molecule has 2 aromatic rings. The fraction of sp³-hybridized carbons (Fsp3) is 0.364. The standard InChI is InChI=1S/C22H27N3O5S/c1-15(2)21(26)23-18-7-4-16(3)20(14-18)24-22(27)17-5-8-19(9-6-17)31(28,29)25-10-12-30-13-11-25/h4-9,14-15H,10-13H2,1-3H3,(H,23,26)(H,24,27). The number of nitrogens with zero attached hydrogens (tertiary/aromatic N) is 1. The van der Waals surface area contributed by atoms with Gasteiger partial charge in [0.15, 0.2) is 0 Å². The first-order valence-corrected chi connectivity index (χ1v) is 11.5. The predicted molar refractivity (Wildman–Crippen MR) is 119 cm³/mol. The molecule has 8 nitrogen and oxygen atoms in total. The number of carbonyl (C=O) groups excluding carboxylic acids is 2. The number of benzene rings is 2. The fourth-order valence-electron chi connectivity index (χ4n) is 3.03. The van der Waals surface area contributed by atoms with Crippen molar-refractivity contribution in [2.75, 3.05) is 36.9 Å². The lowest BCUT2D eigenvalue weighted by Crippen LogP contribution is -2.40. The zero-order valence-corrected chi connectivity index (χ0v) is 18.7. The van der Waals surface area contributed by atoms with Crippen molar-refractivity contribution in [2.45, 2.75) is 25.7 Å². The van der Waals surface area contributed by atoms with Gasteiger partial charge in [-0.15, -0.1) is 0 Å². The number of morpholine rings is 1. The van der Waals surface area contributed by atoms with E-state index < -0.39 is 10.0 Å². The van der Waals surface area contributed by atoms with Crippen LogP contribution < -0.4 is 10.6 Å². The zero-order chi connectivity index (χ0) is 22.6. The molecular weight excluding hydrogens is 418 g/mol. The van der Waals surface area contributed by atoms with Gasteiger partial charge in [0.05, 0.1) is 18.1 Å². The van der Waals surface area contributed by atoms with Gasteiger partial charge in [-0.05, 0) is 48.9 Å². The summed E-state index contributed by atoms with van der Waals surface area (Å²) in [5.41, 5.74) is 2.32. The van der Waals surface area contributed by atoms with Crippen molar-refractivity contribution in [3.05, 3.63) is 53.6 Å². The van der Waals surface area contributed by atoms with Crippen LogP contribution in [0.4, 0.5) is 11.4 Å². The maximum absolute atomic E-state index is 12.7. The summed E-state index contributed by atoms with van der Waals surface area (Å²) in [6.45, 7) is 6.82. The first-order valence-electron chi connectivity index (χ1n) is 10.1. The molecule has 31 heavy (non-hydrogen) atoms. The molecule has 1 aliphatic rings. The Morgan fingerprint density at radius 3 is 2.26 bits per heavy atom. The third kappa shape index (κ3) is 5.49. The number of ether oxygens (including phenoxy) is 1. The van der Waals surface area contributed by atoms with Crippen LogP contribution in [0.1, 0.15) is 29.8 Å². The molecule has 0 atom stereocenters. The second-order valence-corrected chi connectivity index (χ2v) is 9.61. The van der Waals surface area contributed by atoms with Crippen LogP contribution in [-0.4, -0.2) is 50.8 Å². The van der Waals surface area contributed by atoms with E-state index in [1.807, 2.05) is 13.0 Å². The van der Waals surface area contributed by atoms with Crippen molar-refractivity contribution in [1.29, 1.82) is 0 Å². The Hall–Kier alpha value is -2.75. The van der Waals surface area contributed by atoms with Gasteiger partial charge in [-0.1, -0.05) is 19.9 Å². The number of amides is 2. The predicted octanol–water partition coefficient (Wildman–Crippen LogP) is 2.86. The van der Waals surface area contributed by atoms with Gasteiger partial charge < -0.3 is 15.4 Å². The van der Waals surface area contributed by atoms with E-state index in [0.717, 1.165) is 5.56 Å². The van der Waals surface area contributed by atoms with E-state index in [4.69, 9.17) is 4.74 Å². The lowest BCUT2D eigenvalue weighted by molar-refractivity contribution is -0.118. The summed E-state index contributed by atoms with van der Waals surface area (Å²) < 4.78 is 32.0. The molecule has 2 amide bonds. The maximum atomic E-state index is 12.7. The van der Waals surface area contributed by atoms with Gasteiger partial charge >= 0.3 is 0 Å². The van der Waals surface area contributed by atoms with Crippen molar-refractivity contribution >= 4 is 33.2 Å². The van der Waals surface area contributed by atoms with Gasteiger partial charge in [-0.2, -0.15) is 4.31 Å². The monoisotopic (exact) mass is 445 g/mol. The largest absolute Gasteiger partial charge is 0.379 e. The highest BCUT2D eigenvalue weighted by atomic mass is 32.2. The van der Waals surface area contributed by atoms with Gasteiger partial charge in [0.1, 0.15) is 0 Å². The summed E-state index contributed by atoms with van der Waals surface area (Å²) in [6.07, 6.45) is 0. The molecule has 1 heterocycles. The van der Waals surface area contributed by atoms with E-state index in [-0.39, 0.29) is 22.6 Å². The van der Waals surface area contributed by atoms with Crippen molar-refractivity contribution in [3.8, 4) is 0 Å². The number of rotatable bonds is 6.